The Balaban J connectivity index is 1.30. The van der Waals surface area contributed by atoms with Gasteiger partial charge in [-0.25, -0.2) is 0 Å². The van der Waals surface area contributed by atoms with E-state index in [0.717, 1.165) is 0 Å². The molecule has 6 fully saturated rings. The Kier molecular flexibility index (Phi) is 5.65. The number of aliphatic hydroxyl groups is 6. The molecule has 0 radical (unpaired) electrons. The second-order valence-electron chi connectivity index (χ2n) is 12.5. The van der Waals surface area contributed by atoms with Gasteiger partial charge in [0, 0.05) is 11.8 Å². The van der Waals surface area contributed by atoms with Crippen LogP contribution in [0.3, 0.4) is 0 Å². The van der Waals surface area contributed by atoms with Crippen molar-refractivity contribution >= 4 is 11.9 Å². The first-order chi connectivity index (χ1) is 17.4. The molecular weight excluding hydrogens is 492 g/mol. The molecule has 12 heteroatoms. The maximum atomic E-state index is 13.0. The molecule has 0 aromatic rings. The molecule has 0 aromatic heterocycles. The van der Waals surface area contributed by atoms with Crippen molar-refractivity contribution in [3.8, 4) is 0 Å². The lowest BCUT2D eigenvalue weighted by atomic mass is 9.59. The Labute approximate surface area is 213 Å². The summed E-state index contributed by atoms with van der Waals surface area (Å²) >= 11 is 0. The molecule has 0 amide bonds. The van der Waals surface area contributed by atoms with Gasteiger partial charge in [0.05, 0.1) is 36.3 Å². The van der Waals surface area contributed by atoms with Crippen LogP contribution in [0, 0.1) is 34.5 Å². The fourth-order valence-corrected chi connectivity index (χ4v) is 9.52. The van der Waals surface area contributed by atoms with Crippen LogP contribution in [-0.2, 0) is 23.8 Å². The molecule has 37 heavy (non-hydrogen) atoms. The van der Waals surface area contributed by atoms with Crippen molar-refractivity contribution in [3.05, 3.63) is 0 Å². The van der Waals surface area contributed by atoms with Crippen molar-refractivity contribution in [1.82, 2.24) is 0 Å². The lowest BCUT2D eigenvalue weighted by molar-refractivity contribution is -0.310. The summed E-state index contributed by atoms with van der Waals surface area (Å²) in [6.45, 7) is 0.671. The van der Waals surface area contributed by atoms with Gasteiger partial charge in [-0.2, -0.15) is 0 Å². The molecule has 6 rings (SSSR count). The average molecular weight is 529 g/mol. The third kappa shape index (κ3) is 3.07. The van der Waals surface area contributed by atoms with Crippen molar-refractivity contribution < 1.29 is 59.5 Å². The van der Waals surface area contributed by atoms with Gasteiger partial charge in [-0.05, 0) is 56.8 Å². The van der Waals surface area contributed by atoms with Gasteiger partial charge < -0.3 is 50.0 Å². The molecule has 4 aliphatic carbocycles. The van der Waals surface area contributed by atoms with Gasteiger partial charge in [-0.15, -0.1) is 0 Å². The summed E-state index contributed by atoms with van der Waals surface area (Å²) in [5.74, 6) is -3.96. The molecular formula is C25H36O12. The third-order valence-electron chi connectivity index (χ3n) is 11.1. The van der Waals surface area contributed by atoms with E-state index in [-0.39, 0.29) is 24.9 Å². The molecule has 1 spiro atoms. The number of ether oxygens (including phenoxy) is 3. The zero-order valence-corrected chi connectivity index (χ0v) is 20.6. The second-order valence-corrected chi connectivity index (χ2v) is 12.5. The molecule has 2 aliphatic heterocycles. The highest BCUT2D eigenvalue weighted by atomic mass is 16.7. The fraction of sp³-hybridized carbons (Fsp3) is 0.920. The molecule has 14 unspecified atom stereocenters. The molecule has 14 atom stereocenters. The van der Waals surface area contributed by atoms with Crippen LogP contribution in [0.15, 0.2) is 0 Å². The number of carbonyl (C=O) groups is 2. The monoisotopic (exact) mass is 528 g/mol. The standard InChI is InChI=1S/C25H36O12/c1-22-13(27)4-5-25(37-21(22)33)12-3-2-10-6-23(12,14(18(22)25)19(31)32)8-24(10,34)9-35-20-17(30)16(29)15(28)11(7-26)36-20/h10-18,20,26-30,34H,2-9H2,1H3,(H,31,32). The van der Waals surface area contributed by atoms with Crippen LogP contribution < -0.4 is 0 Å². The maximum absolute atomic E-state index is 13.0. The minimum absolute atomic E-state index is 0.0751. The van der Waals surface area contributed by atoms with Gasteiger partial charge >= 0.3 is 11.9 Å². The Bertz CT molecular complexity index is 989. The number of fused-ring (bicyclic) bond motifs is 1. The summed E-state index contributed by atoms with van der Waals surface area (Å²) in [7, 11) is 0. The second kappa shape index (κ2) is 8.07. The van der Waals surface area contributed by atoms with E-state index < -0.39 is 89.2 Å². The normalized spacial score (nSPS) is 58.1. The zero-order chi connectivity index (χ0) is 26.7. The third-order valence-corrected chi connectivity index (χ3v) is 11.1. The van der Waals surface area contributed by atoms with Gasteiger partial charge in [-0.1, -0.05) is 0 Å². The molecule has 2 heterocycles. The number of aliphatic carboxylic acids is 1. The maximum Gasteiger partial charge on any atom is 0.315 e. The smallest absolute Gasteiger partial charge is 0.315 e. The average Bonchev–Trinajstić information content (AvgIpc) is 3.30. The van der Waals surface area contributed by atoms with Crippen LogP contribution in [0.1, 0.15) is 45.4 Å². The van der Waals surface area contributed by atoms with Gasteiger partial charge in [0.2, 0.25) is 0 Å². The minimum Gasteiger partial charge on any atom is -0.481 e. The summed E-state index contributed by atoms with van der Waals surface area (Å²) in [6, 6.07) is 0. The van der Waals surface area contributed by atoms with Gasteiger partial charge in [-0.3, -0.25) is 9.59 Å². The zero-order valence-electron chi connectivity index (χ0n) is 20.6. The van der Waals surface area contributed by atoms with Gasteiger partial charge in [0.25, 0.3) is 0 Å². The van der Waals surface area contributed by atoms with Crippen LogP contribution in [-0.4, -0.2) is 109 Å². The van der Waals surface area contributed by atoms with Crippen molar-refractivity contribution in [2.24, 2.45) is 34.5 Å². The molecule has 6 aliphatic rings. The first kappa shape index (κ1) is 25.9. The first-order valence-electron chi connectivity index (χ1n) is 13.1. The number of carbonyl (C=O) groups excluding carboxylic acids is 1. The number of esters is 1. The molecule has 7 N–H and O–H groups in total. The Hall–Kier alpha value is -1.38. The number of carboxylic acids is 1. The number of aliphatic hydroxyl groups excluding tert-OH is 5. The van der Waals surface area contributed by atoms with E-state index in [1.54, 1.807) is 6.92 Å². The van der Waals surface area contributed by atoms with Crippen LogP contribution in [0.25, 0.3) is 0 Å². The number of hydrogen-bond donors (Lipinski definition) is 7. The van der Waals surface area contributed by atoms with E-state index in [0.29, 0.717) is 32.1 Å². The van der Waals surface area contributed by atoms with Crippen LogP contribution in [0.4, 0.5) is 0 Å². The fourth-order valence-electron chi connectivity index (χ4n) is 9.52. The van der Waals surface area contributed by atoms with Gasteiger partial charge in [0.1, 0.15) is 30.0 Å². The summed E-state index contributed by atoms with van der Waals surface area (Å²) in [5, 5.41) is 73.1. The predicted octanol–water partition coefficient (Wildman–Crippen LogP) is -1.87. The summed E-state index contributed by atoms with van der Waals surface area (Å²) < 4.78 is 17.2. The Morgan fingerprint density at radius 1 is 1.11 bits per heavy atom. The lowest BCUT2D eigenvalue weighted by Gasteiger charge is -2.44. The predicted molar refractivity (Wildman–Crippen MR) is 119 cm³/mol. The molecule has 208 valence electrons. The Morgan fingerprint density at radius 2 is 1.84 bits per heavy atom. The van der Waals surface area contributed by atoms with Crippen LogP contribution in [0.2, 0.25) is 0 Å². The van der Waals surface area contributed by atoms with E-state index in [2.05, 4.69) is 0 Å². The van der Waals surface area contributed by atoms with E-state index in [1.807, 2.05) is 0 Å². The van der Waals surface area contributed by atoms with Crippen molar-refractivity contribution in [3.63, 3.8) is 0 Å². The highest BCUT2D eigenvalue weighted by molar-refractivity contribution is 5.85. The lowest BCUT2D eigenvalue weighted by Crippen LogP contribution is -2.59. The molecule has 12 nitrogen and oxygen atoms in total. The molecule has 0 aromatic carbocycles. The topological polar surface area (TPSA) is 203 Å². The van der Waals surface area contributed by atoms with Gasteiger partial charge in [0.15, 0.2) is 6.29 Å². The molecule has 4 bridgehead atoms. The number of carboxylic acid groups (broad SMARTS) is 1. The largest absolute Gasteiger partial charge is 0.481 e. The van der Waals surface area contributed by atoms with Crippen LogP contribution in [0.5, 0.6) is 0 Å². The molecule has 2 saturated heterocycles. The first-order valence-corrected chi connectivity index (χ1v) is 13.1. The number of hydrogen-bond acceptors (Lipinski definition) is 11. The quantitative estimate of drug-likeness (QED) is 0.196. The van der Waals surface area contributed by atoms with Crippen molar-refractivity contribution in [2.75, 3.05) is 13.2 Å². The van der Waals surface area contributed by atoms with E-state index >= 15 is 0 Å². The van der Waals surface area contributed by atoms with Crippen molar-refractivity contribution in [2.45, 2.75) is 93.5 Å². The highest BCUT2D eigenvalue weighted by Gasteiger charge is 2.84. The summed E-state index contributed by atoms with van der Waals surface area (Å²) in [6.07, 6.45) is -6.07. The van der Waals surface area contributed by atoms with Crippen molar-refractivity contribution in [1.29, 1.82) is 0 Å². The summed E-state index contributed by atoms with van der Waals surface area (Å²) in [5.41, 5.74) is -4.69. The summed E-state index contributed by atoms with van der Waals surface area (Å²) in [4.78, 5) is 25.9. The van der Waals surface area contributed by atoms with E-state index in [1.165, 1.54) is 0 Å². The minimum atomic E-state index is -1.62. The van der Waals surface area contributed by atoms with E-state index in [4.69, 9.17) is 14.2 Å². The van der Waals surface area contributed by atoms with Crippen LogP contribution >= 0.6 is 0 Å². The Morgan fingerprint density at radius 3 is 2.51 bits per heavy atom. The number of rotatable bonds is 5. The van der Waals surface area contributed by atoms with E-state index in [9.17, 15) is 45.3 Å². The highest BCUT2D eigenvalue weighted by Crippen LogP contribution is 2.78. The molecule has 4 saturated carbocycles. The SMILES string of the molecule is CC12C(=O)OC3(CCC1O)C1CCC4CC1(CC4(O)COC1OC(CO)C(O)C(O)C1O)C(C(=O)O)C32.